The predicted octanol–water partition coefficient (Wildman–Crippen LogP) is 7.66. The summed E-state index contributed by atoms with van der Waals surface area (Å²) in [5.74, 6) is -0.529. The number of nitrogens with zero attached hydrogens (tertiary/aromatic N) is 2. The highest BCUT2D eigenvalue weighted by Crippen LogP contribution is 2.42. The van der Waals surface area contributed by atoms with Gasteiger partial charge >= 0.3 is 0 Å². The smallest absolute Gasteiger partial charge is 0.195 e. The molecule has 0 radical (unpaired) electrons. The first-order valence-electron chi connectivity index (χ1n) is 12.6. The van der Waals surface area contributed by atoms with Crippen LogP contribution < -0.4 is 0 Å². The molecule has 3 nitrogen and oxygen atoms in total. The highest BCUT2D eigenvalue weighted by Gasteiger charge is 2.46. The van der Waals surface area contributed by atoms with Crippen LogP contribution in [0.25, 0.3) is 0 Å². The van der Waals surface area contributed by atoms with Gasteiger partial charge in [0.25, 0.3) is 0 Å². The Bertz CT molecular complexity index is 1170. The molecule has 0 N–H and O–H groups in total. The third kappa shape index (κ3) is 5.33. The molecule has 0 fully saturated rings. The van der Waals surface area contributed by atoms with Crippen LogP contribution in [0.3, 0.4) is 0 Å². The van der Waals surface area contributed by atoms with Crippen molar-refractivity contribution in [1.82, 2.24) is 0 Å². The first kappa shape index (κ1) is 24.4. The number of rotatable bonds is 11. The van der Waals surface area contributed by atoms with Crippen LogP contribution in [0.1, 0.15) is 77.9 Å². The lowest BCUT2D eigenvalue weighted by Crippen LogP contribution is -2.40. The van der Waals surface area contributed by atoms with Gasteiger partial charge in [-0.15, -0.1) is 0 Å². The summed E-state index contributed by atoms with van der Waals surface area (Å²) in [6.45, 7) is 2.19. The van der Waals surface area contributed by atoms with Crippen LogP contribution in [0.4, 0.5) is 0 Å². The van der Waals surface area contributed by atoms with Crippen LogP contribution in [0.15, 0.2) is 102 Å². The van der Waals surface area contributed by atoms with Gasteiger partial charge in [-0.1, -0.05) is 111 Å². The SMILES string of the molecule is CCCCCCC(C#N)c1cccc(C(=O)C2(C(c3ccccc3)c3ccccc3)C=CC=N2)c1. The van der Waals surface area contributed by atoms with Gasteiger partial charge in [0.05, 0.1) is 12.0 Å². The second-order valence-corrected chi connectivity index (χ2v) is 9.20. The topological polar surface area (TPSA) is 53.2 Å². The Labute approximate surface area is 208 Å². The number of benzene rings is 3. The summed E-state index contributed by atoms with van der Waals surface area (Å²) in [5, 5.41) is 9.84. The molecule has 2 atom stereocenters. The number of unbranched alkanes of at least 4 members (excludes halogenated alkanes) is 3. The Morgan fingerprint density at radius 3 is 2.11 bits per heavy atom. The summed E-state index contributed by atoms with van der Waals surface area (Å²) >= 11 is 0. The summed E-state index contributed by atoms with van der Waals surface area (Å²) in [5.41, 5.74) is 2.50. The highest BCUT2D eigenvalue weighted by molar-refractivity contribution is 6.08. The number of hydrogen-bond acceptors (Lipinski definition) is 3. The molecule has 3 aromatic carbocycles. The zero-order valence-electron chi connectivity index (χ0n) is 20.3. The van der Waals surface area contributed by atoms with Crippen molar-refractivity contribution in [3.8, 4) is 6.07 Å². The molecule has 0 aliphatic carbocycles. The van der Waals surface area contributed by atoms with Gasteiger partial charge in [-0.25, -0.2) is 0 Å². The third-order valence-corrected chi connectivity index (χ3v) is 6.85. The number of nitriles is 1. The summed E-state index contributed by atoms with van der Waals surface area (Å²) in [6, 6.07) is 30.3. The lowest BCUT2D eigenvalue weighted by molar-refractivity contribution is 0.0913. The Morgan fingerprint density at radius 2 is 1.54 bits per heavy atom. The Morgan fingerprint density at radius 1 is 0.886 bits per heavy atom. The molecular weight excluding hydrogens is 428 g/mol. The maximum absolute atomic E-state index is 14.3. The van der Waals surface area contributed by atoms with Crippen LogP contribution in [-0.2, 0) is 0 Å². The molecule has 0 spiro atoms. The van der Waals surface area contributed by atoms with E-state index < -0.39 is 5.54 Å². The zero-order chi connectivity index (χ0) is 24.5. The van der Waals surface area contributed by atoms with Crippen LogP contribution in [0.5, 0.6) is 0 Å². The first-order chi connectivity index (χ1) is 17.2. The van der Waals surface area contributed by atoms with E-state index in [1.807, 2.05) is 72.8 Å². The average Bonchev–Trinajstić information content (AvgIpc) is 3.40. The van der Waals surface area contributed by atoms with Crippen molar-refractivity contribution >= 4 is 12.0 Å². The number of hydrogen-bond donors (Lipinski definition) is 0. The lowest BCUT2D eigenvalue weighted by atomic mass is 9.71. The molecular formula is C32H32N2O. The maximum atomic E-state index is 14.3. The standard InChI is InChI=1S/C32H32N2O/c1-2-3-4-7-18-29(24-33)27-19-12-20-28(23-27)31(35)32(21-13-22-34-32)30(25-14-8-5-9-15-25)26-16-10-6-11-17-26/h5-6,8-17,19-23,29-30H,2-4,7,18H2,1H3. The van der Waals surface area contributed by atoms with E-state index in [1.165, 1.54) is 12.8 Å². The van der Waals surface area contributed by atoms with Gasteiger partial charge in [-0.2, -0.15) is 5.26 Å². The van der Waals surface area contributed by atoms with Crippen LogP contribution >= 0.6 is 0 Å². The first-order valence-corrected chi connectivity index (χ1v) is 12.6. The van der Waals surface area contributed by atoms with Gasteiger partial charge in [-0.05, 0) is 41.3 Å². The second-order valence-electron chi connectivity index (χ2n) is 9.20. The van der Waals surface area contributed by atoms with Gasteiger partial charge in [-0.3, -0.25) is 9.79 Å². The molecule has 0 saturated heterocycles. The zero-order valence-corrected chi connectivity index (χ0v) is 20.3. The normalized spacial score (nSPS) is 17.4. The van der Waals surface area contributed by atoms with E-state index in [0.29, 0.717) is 5.56 Å². The lowest BCUT2D eigenvalue weighted by Gasteiger charge is -2.33. The minimum atomic E-state index is -1.08. The summed E-state index contributed by atoms with van der Waals surface area (Å²) in [4.78, 5) is 19.1. The molecule has 0 aromatic heterocycles. The second kappa shape index (κ2) is 11.6. The van der Waals surface area contributed by atoms with E-state index in [0.717, 1.165) is 36.0 Å². The Balaban J connectivity index is 1.72. The van der Waals surface area contributed by atoms with Crippen LogP contribution in [0, 0.1) is 11.3 Å². The quantitative estimate of drug-likeness (QED) is 0.218. The van der Waals surface area contributed by atoms with Crippen molar-refractivity contribution in [2.45, 2.75) is 56.4 Å². The van der Waals surface area contributed by atoms with Gasteiger partial charge in [0.15, 0.2) is 11.3 Å². The number of Topliss-reactive ketones (excluding diaryl/α,β-unsaturated/α-hetero) is 1. The Hall–Kier alpha value is -3.77. The molecule has 176 valence electrons. The summed E-state index contributed by atoms with van der Waals surface area (Å²) in [7, 11) is 0. The fraction of sp³-hybridized carbons (Fsp3) is 0.281. The fourth-order valence-corrected chi connectivity index (χ4v) is 5.04. The predicted molar refractivity (Wildman–Crippen MR) is 143 cm³/mol. The molecule has 3 heteroatoms. The molecule has 1 heterocycles. The van der Waals surface area contributed by atoms with Crippen LogP contribution in [-0.4, -0.2) is 17.5 Å². The van der Waals surface area contributed by atoms with Crippen molar-refractivity contribution in [3.63, 3.8) is 0 Å². The average molecular weight is 461 g/mol. The van der Waals surface area contributed by atoms with Gasteiger partial charge in [0, 0.05) is 17.7 Å². The maximum Gasteiger partial charge on any atom is 0.195 e. The molecule has 1 aliphatic rings. The fourth-order valence-electron chi connectivity index (χ4n) is 5.04. The number of ketones is 1. The number of carbonyl (C=O) groups excluding carboxylic acids is 1. The molecule has 1 aliphatic heterocycles. The Kier molecular flexibility index (Phi) is 8.06. The van der Waals surface area contributed by atoms with E-state index in [-0.39, 0.29) is 17.6 Å². The van der Waals surface area contributed by atoms with Crippen molar-refractivity contribution in [2.75, 3.05) is 0 Å². The van der Waals surface area contributed by atoms with E-state index in [4.69, 9.17) is 4.99 Å². The van der Waals surface area contributed by atoms with E-state index in [1.54, 1.807) is 6.21 Å². The van der Waals surface area contributed by atoms with Crippen molar-refractivity contribution in [1.29, 1.82) is 5.26 Å². The summed E-state index contributed by atoms with van der Waals surface area (Å²) < 4.78 is 0. The molecule has 0 bridgehead atoms. The van der Waals surface area contributed by atoms with Gasteiger partial charge < -0.3 is 0 Å². The minimum absolute atomic E-state index is 0.0512. The molecule has 2 unspecified atom stereocenters. The molecule has 0 amide bonds. The van der Waals surface area contributed by atoms with Gasteiger partial charge in [0.2, 0.25) is 0 Å². The minimum Gasteiger partial charge on any atom is -0.291 e. The monoisotopic (exact) mass is 460 g/mol. The van der Waals surface area contributed by atoms with Crippen molar-refractivity contribution in [2.24, 2.45) is 4.99 Å². The molecule has 3 aromatic rings. The summed E-state index contributed by atoms with van der Waals surface area (Å²) in [6.07, 6.45) is 10.8. The van der Waals surface area contributed by atoms with Crippen molar-refractivity contribution in [3.05, 3.63) is 119 Å². The number of carbonyl (C=O) groups is 1. The molecule has 4 rings (SSSR count). The van der Waals surface area contributed by atoms with Crippen LogP contribution in [0.2, 0.25) is 0 Å². The number of aliphatic imine (C=N–C) groups is 1. The van der Waals surface area contributed by atoms with Crippen molar-refractivity contribution < 1.29 is 4.79 Å². The van der Waals surface area contributed by atoms with E-state index in [2.05, 4.69) is 37.3 Å². The van der Waals surface area contributed by atoms with Gasteiger partial charge in [0.1, 0.15) is 0 Å². The highest BCUT2D eigenvalue weighted by atomic mass is 16.1. The van der Waals surface area contributed by atoms with E-state index in [9.17, 15) is 10.1 Å². The third-order valence-electron chi connectivity index (χ3n) is 6.85. The van der Waals surface area contributed by atoms with E-state index >= 15 is 0 Å². The largest absolute Gasteiger partial charge is 0.291 e. The number of allylic oxidation sites excluding steroid dienone is 1. The molecule has 0 saturated carbocycles. The molecule has 35 heavy (non-hydrogen) atoms.